The molecule has 0 saturated carbocycles. The molecule has 7 heavy (non-hydrogen) atoms. The zero-order valence-corrected chi connectivity index (χ0v) is 5.94. The van der Waals surface area contributed by atoms with Gasteiger partial charge in [-0.2, -0.15) is 0 Å². The molecule has 0 spiro atoms. The van der Waals surface area contributed by atoms with Gasteiger partial charge in [0.25, 0.3) is 0 Å². The summed E-state index contributed by atoms with van der Waals surface area (Å²) in [4.78, 5) is 0. The quantitative estimate of drug-likeness (QED) is 0.513. The molecule has 0 aliphatic rings. The van der Waals surface area contributed by atoms with Gasteiger partial charge in [-0.25, -0.2) is 0 Å². The third-order valence-electron chi connectivity index (χ3n) is 0. The summed E-state index contributed by atoms with van der Waals surface area (Å²) in [6.45, 7) is 0. The average Bonchev–Trinajstić information content (AvgIpc) is 0.722. The average molecular weight is 240 g/mol. The van der Waals surface area contributed by atoms with E-state index >= 15 is 0 Å². The van der Waals surface area contributed by atoms with Gasteiger partial charge in [-0.3, -0.25) is 0 Å². The SMILES string of the molecule is [Cu].[Ni].[O]=[Cr](=[O])([OH])[OH]. The Hall–Kier alpha value is 1.07. The van der Waals surface area contributed by atoms with Crippen LogP contribution in [0.25, 0.3) is 0 Å². The first-order valence-corrected chi connectivity index (χ1v) is 2.88. The van der Waals surface area contributed by atoms with Crippen LogP contribution in [-0.4, -0.2) is 8.32 Å². The van der Waals surface area contributed by atoms with Gasteiger partial charge in [-0.1, -0.05) is 0 Å². The first-order valence-electron chi connectivity index (χ1n) is 0.698. The van der Waals surface area contributed by atoms with E-state index in [-0.39, 0.29) is 33.6 Å². The van der Waals surface area contributed by atoms with Crippen molar-refractivity contribution in [2.24, 2.45) is 0 Å². The van der Waals surface area contributed by atoms with E-state index in [9.17, 15) is 0 Å². The van der Waals surface area contributed by atoms with Crippen LogP contribution in [0.1, 0.15) is 0 Å². The summed E-state index contributed by atoms with van der Waals surface area (Å²) in [6, 6.07) is 0. The molecule has 0 fully saturated rings. The molecule has 0 saturated heterocycles. The number of hydrogen-bond acceptors (Lipinski definition) is 2. The molecule has 0 amide bonds. The van der Waals surface area contributed by atoms with Gasteiger partial charge in [0, 0.05) is 33.6 Å². The maximum absolute atomic E-state index is 8.82. The van der Waals surface area contributed by atoms with E-state index in [0.717, 1.165) is 0 Å². The third kappa shape index (κ3) is 160. The van der Waals surface area contributed by atoms with Gasteiger partial charge in [-0.15, -0.1) is 0 Å². The second-order valence-electron chi connectivity index (χ2n) is 0.448. The van der Waals surface area contributed by atoms with Gasteiger partial charge in [0.05, 0.1) is 0 Å². The van der Waals surface area contributed by atoms with E-state index in [1.165, 1.54) is 0 Å². The van der Waals surface area contributed by atoms with Crippen LogP contribution in [0, 0.1) is 0 Å². The van der Waals surface area contributed by atoms with Crippen molar-refractivity contribution in [2.75, 3.05) is 0 Å². The molecule has 1 radical (unpaired) electrons. The Morgan fingerprint density at radius 1 is 1.14 bits per heavy atom. The maximum atomic E-state index is 8.82. The Morgan fingerprint density at radius 2 is 1.14 bits per heavy atom. The van der Waals surface area contributed by atoms with Crippen molar-refractivity contribution in [3.63, 3.8) is 0 Å². The Bertz CT molecular complexity index is 94.9. The Kier molecular flexibility index (Phi) is 11.7. The van der Waals surface area contributed by atoms with Crippen molar-refractivity contribution in [1.82, 2.24) is 0 Å². The molecule has 0 heterocycles. The Morgan fingerprint density at radius 3 is 1.14 bits per heavy atom. The van der Waals surface area contributed by atoms with Crippen LogP contribution in [-0.2, 0) is 54.8 Å². The zero-order chi connectivity index (χ0) is 4.50. The first-order chi connectivity index (χ1) is 2.00. The summed E-state index contributed by atoms with van der Waals surface area (Å²) in [5.41, 5.74) is 0. The standard InChI is InChI=1S/Cr.Cu.Ni.2H2O.2O/h;;;2*1H2;;/q+2;;;;;;/p-2. The molecule has 0 bridgehead atoms. The molecular formula is H2CrCuNiO4. The van der Waals surface area contributed by atoms with Crippen LogP contribution < -0.4 is 0 Å². The predicted octanol–water partition coefficient (Wildman–Crippen LogP) is -1.36. The second kappa shape index (κ2) is 5.21. The van der Waals surface area contributed by atoms with Crippen LogP contribution in [0.15, 0.2) is 0 Å². The fraction of sp³-hybridized carbons (Fsp3) is 0. The first kappa shape index (κ1) is 15.7. The summed E-state index contributed by atoms with van der Waals surface area (Å²) < 4.78 is 31.9. The summed E-state index contributed by atoms with van der Waals surface area (Å²) >= 11 is -5.25. The monoisotopic (exact) mass is 239 g/mol. The van der Waals surface area contributed by atoms with E-state index in [1.54, 1.807) is 0 Å². The molecule has 4 nitrogen and oxygen atoms in total. The normalized spacial score (nSPS) is 8.29. The van der Waals surface area contributed by atoms with Crippen molar-refractivity contribution in [1.29, 1.82) is 0 Å². The number of rotatable bonds is 0. The van der Waals surface area contributed by atoms with Crippen molar-refractivity contribution in [3.8, 4) is 0 Å². The second-order valence-corrected chi connectivity index (χ2v) is 1.85. The van der Waals surface area contributed by atoms with Crippen LogP contribution >= 0.6 is 0 Å². The van der Waals surface area contributed by atoms with Crippen LogP contribution in [0.2, 0.25) is 0 Å². The summed E-state index contributed by atoms with van der Waals surface area (Å²) in [6.07, 6.45) is 0. The van der Waals surface area contributed by atoms with Crippen molar-refractivity contribution < 1.29 is 63.1 Å². The molecule has 2 N–H and O–H groups in total. The van der Waals surface area contributed by atoms with Crippen molar-refractivity contribution >= 4 is 0 Å². The molecule has 0 aliphatic carbocycles. The molecule has 0 aromatic heterocycles. The van der Waals surface area contributed by atoms with Gasteiger partial charge in [0.15, 0.2) is 0 Å². The van der Waals surface area contributed by atoms with E-state index < -0.39 is 13.6 Å². The van der Waals surface area contributed by atoms with E-state index in [2.05, 4.69) is 0 Å². The van der Waals surface area contributed by atoms with Crippen molar-refractivity contribution in [3.05, 3.63) is 0 Å². The molecule has 0 rings (SSSR count). The minimum absolute atomic E-state index is 0. The predicted molar refractivity (Wildman–Crippen MR) is 5.81 cm³/mol. The van der Waals surface area contributed by atoms with Crippen molar-refractivity contribution in [2.45, 2.75) is 0 Å². The Labute approximate surface area is 63.1 Å². The van der Waals surface area contributed by atoms with Crippen LogP contribution in [0.3, 0.4) is 0 Å². The van der Waals surface area contributed by atoms with Gasteiger partial charge in [0.2, 0.25) is 0 Å². The summed E-state index contributed by atoms with van der Waals surface area (Å²) in [5.74, 6) is 0. The molecule has 53 valence electrons. The van der Waals surface area contributed by atoms with E-state index in [4.69, 9.17) is 15.9 Å². The zero-order valence-electron chi connectivity index (χ0n) is 2.74. The van der Waals surface area contributed by atoms with Gasteiger partial charge in [-0.05, 0) is 0 Å². The topological polar surface area (TPSA) is 74.6 Å². The van der Waals surface area contributed by atoms with Crippen LogP contribution in [0.4, 0.5) is 0 Å². The molecular weight excluding hydrogens is 238 g/mol. The molecule has 0 atom stereocenters. The Balaban J connectivity index is -0.0000000800. The third-order valence-corrected chi connectivity index (χ3v) is 0. The molecule has 0 aromatic rings. The van der Waals surface area contributed by atoms with Gasteiger partial charge < -0.3 is 0 Å². The summed E-state index contributed by atoms with van der Waals surface area (Å²) in [5, 5.41) is 0. The van der Waals surface area contributed by atoms with Gasteiger partial charge in [0.1, 0.15) is 0 Å². The fourth-order valence-electron chi connectivity index (χ4n) is 0. The van der Waals surface area contributed by atoms with E-state index in [1.807, 2.05) is 0 Å². The van der Waals surface area contributed by atoms with Gasteiger partial charge >= 0.3 is 29.5 Å². The van der Waals surface area contributed by atoms with Crippen LogP contribution in [0.5, 0.6) is 0 Å². The van der Waals surface area contributed by atoms with E-state index in [0.29, 0.717) is 0 Å². The molecule has 7 heteroatoms. The fourth-order valence-corrected chi connectivity index (χ4v) is 0. The number of hydrogen-bond donors (Lipinski definition) is 2. The molecule has 0 aliphatic heterocycles. The molecule has 0 unspecified atom stereocenters. The summed E-state index contributed by atoms with van der Waals surface area (Å²) in [7, 11) is 0. The minimum atomic E-state index is -5.25. The molecule has 0 aromatic carbocycles.